The smallest absolute Gasteiger partial charge is 0.303 e. The van der Waals surface area contributed by atoms with E-state index >= 15 is 0 Å². The van der Waals surface area contributed by atoms with E-state index in [0.717, 1.165) is 15.8 Å². The van der Waals surface area contributed by atoms with Gasteiger partial charge in [0.1, 0.15) is 5.75 Å². The highest BCUT2D eigenvalue weighted by molar-refractivity contribution is 9.10. The van der Waals surface area contributed by atoms with Crippen LogP contribution in [-0.4, -0.2) is 22.8 Å². The van der Waals surface area contributed by atoms with Crippen LogP contribution in [0.15, 0.2) is 22.7 Å². The quantitative estimate of drug-likeness (QED) is 0.811. The second-order valence-corrected chi connectivity index (χ2v) is 4.77. The lowest BCUT2D eigenvalue weighted by Crippen LogP contribution is -2.02. The van der Waals surface area contributed by atoms with Gasteiger partial charge in [0.25, 0.3) is 0 Å². The molecule has 2 N–H and O–H groups in total. The van der Waals surface area contributed by atoms with Gasteiger partial charge < -0.3 is 14.9 Å². The summed E-state index contributed by atoms with van der Waals surface area (Å²) < 4.78 is 6.12. The van der Waals surface area contributed by atoms with Crippen molar-refractivity contribution in [2.75, 3.05) is 6.61 Å². The van der Waals surface area contributed by atoms with Crippen LogP contribution >= 0.6 is 15.9 Å². The van der Waals surface area contributed by atoms with Gasteiger partial charge in [-0.1, -0.05) is 22.0 Å². The molecule has 0 radical (unpaired) electrons. The maximum absolute atomic E-state index is 10.4. The number of ether oxygens (including phenoxy) is 1. The van der Waals surface area contributed by atoms with Crippen LogP contribution in [0.2, 0.25) is 0 Å². The predicted molar refractivity (Wildman–Crippen MR) is 71.8 cm³/mol. The van der Waals surface area contributed by atoms with Crippen LogP contribution in [0.4, 0.5) is 0 Å². The molecule has 18 heavy (non-hydrogen) atoms. The second kappa shape index (κ2) is 7.38. The number of aliphatic hydroxyl groups excluding tert-OH is 1. The maximum Gasteiger partial charge on any atom is 0.303 e. The molecule has 1 aromatic carbocycles. The maximum atomic E-state index is 10.4. The summed E-state index contributed by atoms with van der Waals surface area (Å²) in [6.45, 7) is 2.50. The molecule has 0 amide bonds. The Labute approximate surface area is 115 Å². The topological polar surface area (TPSA) is 66.8 Å². The van der Waals surface area contributed by atoms with E-state index in [9.17, 15) is 9.90 Å². The molecule has 0 saturated carbocycles. The minimum Gasteiger partial charge on any atom is -0.494 e. The van der Waals surface area contributed by atoms with Crippen molar-refractivity contribution < 1.29 is 19.7 Å². The molecule has 0 saturated heterocycles. The van der Waals surface area contributed by atoms with Crippen molar-refractivity contribution in [2.45, 2.75) is 32.3 Å². The van der Waals surface area contributed by atoms with Crippen LogP contribution < -0.4 is 4.74 Å². The Balaban J connectivity index is 2.62. The Morgan fingerprint density at radius 3 is 2.78 bits per heavy atom. The molecule has 0 aliphatic rings. The molecule has 0 spiro atoms. The van der Waals surface area contributed by atoms with E-state index in [1.54, 1.807) is 18.2 Å². The van der Waals surface area contributed by atoms with Gasteiger partial charge in [-0.25, -0.2) is 0 Å². The van der Waals surface area contributed by atoms with Crippen LogP contribution in [0.25, 0.3) is 0 Å². The third-order valence-electron chi connectivity index (χ3n) is 2.51. The number of carbonyl (C=O) groups is 1. The molecule has 0 aromatic heterocycles. The zero-order valence-corrected chi connectivity index (χ0v) is 11.8. The van der Waals surface area contributed by atoms with Gasteiger partial charge in [-0.05, 0) is 37.5 Å². The zero-order valence-electron chi connectivity index (χ0n) is 10.2. The predicted octanol–water partition coefficient (Wildman–Crippen LogP) is 3.14. The van der Waals surface area contributed by atoms with E-state index in [0.29, 0.717) is 19.4 Å². The molecular weight excluding hydrogens is 300 g/mol. The van der Waals surface area contributed by atoms with Crippen molar-refractivity contribution in [1.82, 2.24) is 0 Å². The van der Waals surface area contributed by atoms with E-state index in [1.807, 2.05) is 6.92 Å². The lowest BCUT2D eigenvalue weighted by atomic mass is 10.0. The molecule has 5 heteroatoms. The first kappa shape index (κ1) is 15.0. The molecule has 0 aliphatic heterocycles. The van der Waals surface area contributed by atoms with E-state index in [2.05, 4.69) is 15.9 Å². The van der Waals surface area contributed by atoms with Gasteiger partial charge in [-0.15, -0.1) is 0 Å². The van der Waals surface area contributed by atoms with Gasteiger partial charge >= 0.3 is 5.97 Å². The molecule has 100 valence electrons. The van der Waals surface area contributed by atoms with E-state index in [1.165, 1.54) is 0 Å². The Hall–Kier alpha value is -1.07. The minimum absolute atomic E-state index is 0.0751. The lowest BCUT2D eigenvalue weighted by Gasteiger charge is -2.13. The van der Waals surface area contributed by atoms with Crippen molar-refractivity contribution in [1.29, 1.82) is 0 Å². The summed E-state index contributed by atoms with van der Waals surface area (Å²) in [5.74, 6) is -0.0983. The summed E-state index contributed by atoms with van der Waals surface area (Å²) >= 11 is 3.38. The fourth-order valence-electron chi connectivity index (χ4n) is 1.64. The largest absolute Gasteiger partial charge is 0.494 e. The van der Waals surface area contributed by atoms with Gasteiger partial charge in [0.2, 0.25) is 0 Å². The summed E-state index contributed by atoms with van der Waals surface area (Å²) in [7, 11) is 0. The van der Waals surface area contributed by atoms with Crippen molar-refractivity contribution in [3.05, 3.63) is 28.2 Å². The molecule has 1 atom stereocenters. The van der Waals surface area contributed by atoms with Crippen LogP contribution in [0.3, 0.4) is 0 Å². The molecule has 1 aromatic rings. The fraction of sp³-hybridized carbons (Fsp3) is 0.462. The van der Waals surface area contributed by atoms with E-state index in [-0.39, 0.29) is 6.42 Å². The number of aliphatic carboxylic acids is 1. The fourth-order valence-corrected chi connectivity index (χ4v) is 2.26. The normalized spacial score (nSPS) is 12.2. The summed E-state index contributed by atoms with van der Waals surface area (Å²) in [4.78, 5) is 10.4. The van der Waals surface area contributed by atoms with E-state index in [4.69, 9.17) is 9.84 Å². The average molecular weight is 317 g/mol. The monoisotopic (exact) mass is 316 g/mol. The van der Waals surface area contributed by atoms with Gasteiger partial charge in [0, 0.05) is 10.9 Å². The van der Waals surface area contributed by atoms with Crippen molar-refractivity contribution in [3.63, 3.8) is 0 Å². The lowest BCUT2D eigenvalue weighted by molar-refractivity contribution is -0.137. The van der Waals surface area contributed by atoms with Crippen LogP contribution in [-0.2, 0) is 4.79 Å². The summed E-state index contributed by atoms with van der Waals surface area (Å²) in [6, 6.07) is 5.39. The number of carboxylic acid groups (broad SMARTS) is 1. The van der Waals surface area contributed by atoms with Crippen LogP contribution in [0.1, 0.15) is 37.9 Å². The third-order valence-corrected chi connectivity index (χ3v) is 3.20. The number of aliphatic hydroxyl groups is 1. The SMILES string of the molecule is CCOc1ccc([C@@H](O)CCCC(=O)O)c(Br)c1. The second-order valence-electron chi connectivity index (χ2n) is 3.92. The number of hydrogen-bond acceptors (Lipinski definition) is 3. The summed E-state index contributed by atoms with van der Waals surface area (Å²) in [5.41, 5.74) is 0.754. The molecule has 0 aliphatic carbocycles. The van der Waals surface area contributed by atoms with Crippen LogP contribution in [0, 0.1) is 0 Å². The zero-order chi connectivity index (χ0) is 13.5. The number of benzene rings is 1. The van der Waals surface area contributed by atoms with Crippen LogP contribution in [0.5, 0.6) is 5.75 Å². The molecule has 0 unspecified atom stereocenters. The Morgan fingerprint density at radius 2 is 2.22 bits per heavy atom. The van der Waals surface area contributed by atoms with Gasteiger partial charge in [-0.3, -0.25) is 4.79 Å². The number of hydrogen-bond donors (Lipinski definition) is 2. The van der Waals surface area contributed by atoms with E-state index < -0.39 is 12.1 Å². The highest BCUT2D eigenvalue weighted by atomic mass is 79.9. The first-order valence-electron chi connectivity index (χ1n) is 5.86. The van der Waals surface area contributed by atoms with Crippen molar-refractivity contribution >= 4 is 21.9 Å². The summed E-state index contributed by atoms with van der Waals surface area (Å²) in [5, 5.41) is 18.5. The van der Waals surface area contributed by atoms with Gasteiger partial charge in [0.05, 0.1) is 12.7 Å². The standard InChI is InChI=1S/C13H17BrO4/c1-2-18-9-6-7-10(11(14)8-9)12(15)4-3-5-13(16)17/h6-8,12,15H,2-5H2,1H3,(H,16,17)/t12-/m0/s1. The molecule has 0 bridgehead atoms. The average Bonchev–Trinajstić information content (AvgIpc) is 2.28. The van der Waals surface area contributed by atoms with Gasteiger partial charge in [-0.2, -0.15) is 0 Å². The Morgan fingerprint density at radius 1 is 1.50 bits per heavy atom. The number of rotatable bonds is 7. The minimum atomic E-state index is -0.840. The Kier molecular flexibility index (Phi) is 6.15. The first-order valence-corrected chi connectivity index (χ1v) is 6.66. The highest BCUT2D eigenvalue weighted by Crippen LogP contribution is 2.30. The number of carboxylic acids is 1. The first-order chi connectivity index (χ1) is 8.54. The number of halogens is 1. The molecule has 4 nitrogen and oxygen atoms in total. The highest BCUT2D eigenvalue weighted by Gasteiger charge is 2.12. The summed E-state index contributed by atoms with van der Waals surface area (Å²) in [6.07, 6.45) is 0.301. The third kappa shape index (κ3) is 4.66. The van der Waals surface area contributed by atoms with Crippen molar-refractivity contribution in [2.24, 2.45) is 0 Å². The molecule has 0 fully saturated rings. The Bertz CT molecular complexity index is 406. The van der Waals surface area contributed by atoms with Crippen molar-refractivity contribution in [3.8, 4) is 5.75 Å². The molecule has 0 heterocycles. The molecular formula is C13H17BrO4. The van der Waals surface area contributed by atoms with Gasteiger partial charge in [0.15, 0.2) is 0 Å². The molecule has 1 rings (SSSR count).